The van der Waals surface area contributed by atoms with Gasteiger partial charge in [0.05, 0.1) is 15.6 Å². The molecule has 2 heterocycles. The number of pyridine rings is 1. The first-order valence-corrected chi connectivity index (χ1v) is 8.87. The number of alkyl halides is 3. The minimum absolute atomic E-state index is 0.0128. The second-order valence-electron chi connectivity index (χ2n) is 4.76. The number of aromatic nitrogens is 3. The molecule has 25 heavy (non-hydrogen) atoms. The van der Waals surface area contributed by atoms with Crippen molar-refractivity contribution in [1.82, 2.24) is 14.8 Å². The Morgan fingerprint density at radius 1 is 1.16 bits per heavy atom. The molecule has 0 saturated heterocycles. The third-order valence-corrected chi connectivity index (χ3v) is 4.94. The summed E-state index contributed by atoms with van der Waals surface area (Å²) in [4.78, 5) is 4.18. The number of hydrogen-bond donors (Lipinski definition) is 1. The van der Waals surface area contributed by atoms with Crippen LogP contribution in [0.2, 0.25) is 10.0 Å². The predicted octanol–water partition coefficient (Wildman–Crippen LogP) is 5.56. The van der Waals surface area contributed by atoms with Crippen LogP contribution in [0.4, 0.5) is 13.2 Å². The Bertz CT molecular complexity index is 993. The van der Waals surface area contributed by atoms with Gasteiger partial charge in [-0.25, -0.2) is 9.67 Å². The summed E-state index contributed by atoms with van der Waals surface area (Å²) in [6, 6.07) is 6.69. The second kappa shape index (κ2) is 6.71. The van der Waals surface area contributed by atoms with Gasteiger partial charge in [-0.05, 0) is 40.2 Å². The molecule has 11 heteroatoms. The van der Waals surface area contributed by atoms with Crippen molar-refractivity contribution in [2.45, 2.75) is 6.18 Å². The zero-order chi connectivity index (χ0) is 18.4. The third kappa shape index (κ3) is 3.74. The molecule has 0 fully saturated rings. The lowest BCUT2D eigenvalue weighted by molar-refractivity contribution is -0.137. The molecule has 3 rings (SSSR count). The molecule has 3 aromatic rings. The van der Waals surface area contributed by atoms with Gasteiger partial charge < -0.3 is 0 Å². The van der Waals surface area contributed by atoms with Gasteiger partial charge in [0.1, 0.15) is 16.0 Å². The van der Waals surface area contributed by atoms with Crippen LogP contribution >= 0.6 is 50.5 Å². The predicted molar refractivity (Wildman–Crippen MR) is 93.2 cm³/mol. The normalized spacial score (nSPS) is 11.8. The summed E-state index contributed by atoms with van der Waals surface area (Å²) in [7, 11) is 0. The number of nitrogens with zero attached hydrogens (tertiary/aromatic N) is 3. The van der Waals surface area contributed by atoms with Crippen LogP contribution in [-0.4, -0.2) is 14.8 Å². The third-order valence-electron chi connectivity index (χ3n) is 3.07. The van der Waals surface area contributed by atoms with Gasteiger partial charge in [-0.3, -0.25) is 5.41 Å². The molecule has 0 spiro atoms. The largest absolute Gasteiger partial charge is 0.416 e. The lowest BCUT2D eigenvalue weighted by Gasteiger charge is -2.11. The van der Waals surface area contributed by atoms with Crippen LogP contribution in [0.15, 0.2) is 34.9 Å². The van der Waals surface area contributed by atoms with Crippen LogP contribution in [0.25, 0.3) is 16.4 Å². The molecule has 0 aliphatic rings. The van der Waals surface area contributed by atoms with Crippen molar-refractivity contribution in [3.05, 3.63) is 55.3 Å². The summed E-state index contributed by atoms with van der Waals surface area (Å²) in [6.07, 6.45) is -4.58. The van der Waals surface area contributed by atoms with Crippen LogP contribution in [0, 0.1) is 5.41 Å². The standard InChI is InChI=1S/C14H6BrCl2F3N4S/c15-10-3-1-2-9(22-10)12-23-24(13(21)25-12)11-7(16)4-6(5-8(11)17)14(18,19)20/h1-5,21H. The van der Waals surface area contributed by atoms with Gasteiger partial charge in [0.15, 0.2) is 5.01 Å². The van der Waals surface area contributed by atoms with E-state index in [2.05, 4.69) is 26.0 Å². The minimum atomic E-state index is -4.58. The fourth-order valence-electron chi connectivity index (χ4n) is 2.01. The Labute approximate surface area is 161 Å². The highest BCUT2D eigenvalue weighted by Gasteiger charge is 2.32. The quantitative estimate of drug-likeness (QED) is 0.499. The van der Waals surface area contributed by atoms with E-state index < -0.39 is 11.7 Å². The van der Waals surface area contributed by atoms with E-state index in [1.165, 1.54) is 0 Å². The van der Waals surface area contributed by atoms with E-state index in [1.807, 2.05) is 0 Å². The Kier molecular flexibility index (Phi) is 4.93. The molecule has 0 atom stereocenters. The van der Waals surface area contributed by atoms with Crippen LogP contribution in [0.5, 0.6) is 0 Å². The highest BCUT2D eigenvalue weighted by atomic mass is 79.9. The van der Waals surface area contributed by atoms with E-state index in [4.69, 9.17) is 28.6 Å². The van der Waals surface area contributed by atoms with Gasteiger partial charge >= 0.3 is 6.18 Å². The number of nitrogens with one attached hydrogen (secondary N) is 1. The molecule has 0 radical (unpaired) electrons. The summed E-state index contributed by atoms with van der Waals surface area (Å²) in [5, 5.41) is 12.2. The highest BCUT2D eigenvalue weighted by Crippen LogP contribution is 2.37. The van der Waals surface area contributed by atoms with Gasteiger partial charge in [-0.15, -0.1) is 0 Å². The second-order valence-corrected chi connectivity index (χ2v) is 7.36. The lowest BCUT2D eigenvalue weighted by atomic mass is 10.2. The smallest absolute Gasteiger partial charge is 0.273 e. The van der Waals surface area contributed by atoms with Crippen molar-refractivity contribution >= 4 is 50.5 Å². The first-order chi connectivity index (χ1) is 11.7. The maximum atomic E-state index is 12.8. The molecular weight excluding hydrogens is 464 g/mol. The number of rotatable bonds is 2. The van der Waals surface area contributed by atoms with E-state index >= 15 is 0 Å². The Morgan fingerprint density at radius 3 is 2.36 bits per heavy atom. The van der Waals surface area contributed by atoms with E-state index in [-0.39, 0.29) is 20.5 Å². The molecule has 0 bridgehead atoms. The van der Waals surface area contributed by atoms with Crippen molar-refractivity contribution in [1.29, 1.82) is 5.41 Å². The van der Waals surface area contributed by atoms with Crippen LogP contribution in [0.3, 0.4) is 0 Å². The SMILES string of the molecule is N=c1sc(-c2cccc(Br)n2)nn1-c1c(Cl)cc(C(F)(F)F)cc1Cl. The average molecular weight is 470 g/mol. The molecule has 2 aromatic heterocycles. The fourth-order valence-corrected chi connectivity index (χ4v) is 3.74. The van der Waals surface area contributed by atoms with E-state index in [1.54, 1.807) is 18.2 Å². The summed E-state index contributed by atoms with van der Waals surface area (Å²) >= 11 is 16.2. The topological polar surface area (TPSA) is 54.6 Å². The monoisotopic (exact) mass is 468 g/mol. The van der Waals surface area contributed by atoms with E-state index in [9.17, 15) is 13.2 Å². The number of benzene rings is 1. The molecule has 0 saturated carbocycles. The van der Waals surface area contributed by atoms with Crippen LogP contribution < -0.4 is 4.80 Å². The van der Waals surface area contributed by atoms with Crippen molar-refractivity contribution in [2.24, 2.45) is 0 Å². The van der Waals surface area contributed by atoms with Crippen molar-refractivity contribution in [3.63, 3.8) is 0 Å². The Balaban J connectivity index is 2.14. The number of halogens is 6. The van der Waals surface area contributed by atoms with Gasteiger partial charge in [-0.1, -0.05) is 40.6 Å². The zero-order valence-corrected chi connectivity index (χ0v) is 15.8. The van der Waals surface area contributed by atoms with Gasteiger partial charge in [0.25, 0.3) is 0 Å². The fraction of sp³-hybridized carbons (Fsp3) is 0.0714. The van der Waals surface area contributed by atoms with E-state index in [0.29, 0.717) is 15.3 Å². The van der Waals surface area contributed by atoms with Gasteiger partial charge in [0, 0.05) is 0 Å². The van der Waals surface area contributed by atoms with Crippen LogP contribution in [-0.2, 0) is 6.18 Å². The minimum Gasteiger partial charge on any atom is -0.273 e. The molecule has 0 unspecified atom stereocenters. The highest BCUT2D eigenvalue weighted by molar-refractivity contribution is 9.10. The first kappa shape index (κ1) is 18.4. The summed E-state index contributed by atoms with van der Waals surface area (Å²) in [5.41, 5.74) is -0.452. The molecule has 1 aromatic carbocycles. The maximum Gasteiger partial charge on any atom is 0.416 e. The number of hydrogen-bond acceptors (Lipinski definition) is 4. The summed E-state index contributed by atoms with van der Waals surface area (Å²) in [5.74, 6) is 0. The van der Waals surface area contributed by atoms with E-state index in [0.717, 1.165) is 28.2 Å². The molecule has 0 aliphatic carbocycles. The van der Waals surface area contributed by atoms with Gasteiger partial charge in [-0.2, -0.15) is 18.3 Å². The molecular formula is C14H6BrCl2F3N4S. The average Bonchev–Trinajstić information content (AvgIpc) is 2.87. The molecule has 0 amide bonds. The molecule has 0 aliphatic heterocycles. The van der Waals surface area contributed by atoms with Gasteiger partial charge in [0.2, 0.25) is 4.80 Å². The summed E-state index contributed by atoms with van der Waals surface area (Å²) in [6.45, 7) is 0. The molecule has 4 nitrogen and oxygen atoms in total. The summed E-state index contributed by atoms with van der Waals surface area (Å²) < 4.78 is 40.2. The van der Waals surface area contributed by atoms with Crippen LogP contribution in [0.1, 0.15) is 5.56 Å². The Hall–Kier alpha value is -1.42. The van der Waals surface area contributed by atoms with Crippen molar-refractivity contribution in [3.8, 4) is 16.4 Å². The maximum absolute atomic E-state index is 12.8. The zero-order valence-electron chi connectivity index (χ0n) is 11.9. The molecule has 130 valence electrons. The Morgan fingerprint density at radius 2 is 1.80 bits per heavy atom. The first-order valence-electron chi connectivity index (χ1n) is 6.51. The molecule has 1 N–H and O–H groups in total. The lowest BCUT2D eigenvalue weighted by Crippen LogP contribution is -2.14. The van der Waals surface area contributed by atoms with Crippen molar-refractivity contribution in [2.75, 3.05) is 0 Å². The van der Waals surface area contributed by atoms with Crippen molar-refractivity contribution < 1.29 is 13.2 Å².